The van der Waals surface area contributed by atoms with Gasteiger partial charge in [-0.1, -0.05) is 24.2 Å². The molecular formula is C11H11ClN2O2. The molecule has 0 radical (unpaired) electrons. The molecule has 0 saturated heterocycles. The molecule has 0 aliphatic carbocycles. The van der Waals surface area contributed by atoms with Crippen LogP contribution < -0.4 is 10.6 Å². The lowest BCUT2D eigenvalue weighted by Crippen LogP contribution is -2.30. The summed E-state index contributed by atoms with van der Waals surface area (Å²) in [5.74, 6) is -1.41. The number of hydrogen-bond acceptors (Lipinski definition) is 3. The quantitative estimate of drug-likeness (QED) is 0.619. The Kier molecular flexibility index (Phi) is 4.08. The van der Waals surface area contributed by atoms with E-state index in [-0.39, 0.29) is 5.70 Å². The molecule has 4 nitrogen and oxygen atoms in total. The number of anilines is 1. The topological polar surface area (TPSA) is 58.2 Å². The highest BCUT2D eigenvalue weighted by atomic mass is 35.5. The molecule has 1 amide bonds. The molecule has 0 heterocycles. The number of Topliss-reactive ketones (excluding diaryl/α,β-unsaturated/α-hetero) is 1. The van der Waals surface area contributed by atoms with Gasteiger partial charge in [0, 0.05) is 17.8 Å². The van der Waals surface area contributed by atoms with E-state index in [4.69, 9.17) is 11.6 Å². The minimum Gasteiger partial charge on any atom is -0.353 e. The number of amides is 1. The zero-order valence-electron chi connectivity index (χ0n) is 8.71. The highest BCUT2D eigenvalue weighted by Crippen LogP contribution is 2.16. The molecule has 0 unspecified atom stereocenters. The van der Waals surface area contributed by atoms with Crippen LogP contribution in [0, 0.1) is 0 Å². The van der Waals surface area contributed by atoms with Gasteiger partial charge in [0.1, 0.15) is 0 Å². The summed E-state index contributed by atoms with van der Waals surface area (Å²) in [5.41, 5.74) is 0.608. The third kappa shape index (κ3) is 3.10. The predicted molar refractivity (Wildman–Crippen MR) is 63.3 cm³/mol. The minimum absolute atomic E-state index is 0.00150. The van der Waals surface area contributed by atoms with Crippen LogP contribution >= 0.6 is 11.6 Å². The van der Waals surface area contributed by atoms with Gasteiger partial charge in [0.15, 0.2) is 0 Å². The standard InChI is InChI=1S/C11H11ClN2O2/c1-7(10(15)11(16)13-2)14-9-5-3-4-8(12)6-9/h3-6,14H,1H2,2H3,(H,13,16). The van der Waals surface area contributed by atoms with E-state index in [0.29, 0.717) is 10.7 Å². The first kappa shape index (κ1) is 12.3. The van der Waals surface area contributed by atoms with E-state index in [1.165, 1.54) is 7.05 Å². The molecule has 2 N–H and O–H groups in total. The van der Waals surface area contributed by atoms with Gasteiger partial charge in [-0.2, -0.15) is 0 Å². The van der Waals surface area contributed by atoms with Gasteiger partial charge >= 0.3 is 0 Å². The van der Waals surface area contributed by atoms with Crippen molar-refractivity contribution < 1.29 is 9.59 Å². The van der Waals surface area contributed by atoms with Crippen LogP contribution in [0.4, 0.5) is 5.69 Å². The Hall–Kier alpha value is -1.81. The molecule has 0 fully saturated rings. The van der Waals surface area contributed by atoms with E-state index in [0.717, 1.165) is 0 Å². The second-order valence-electron chi connectivity index (χ2n) is 3.02. The van der Waals surface area contributed by atoms with Crippen molar-refractivity contribution in [2.45, 2.75) is 0 Å². The molecule has 5 heteroatoms. The Morgan fingerprint density at radius 1 is 1.38 bits per heavy atom. The number of halogens is 1. The van der Waals surface area contributed by atoms with E-state index in [1.807, 2.05) is 0 Å². The Bertz CT molecular complexity index is 443. The Morgan fingerprint density at radius 3 is 2.62 bits per heavy atom. The summed E-state index contributed by atoms with van der Waals surface area (Å²) < 4.78 is 0. The number of carbonyl (C=O) groups excluding carboxylic acids is 2. The van der Waals surface area contributed by atoms with Crippen LogP contribution in [0.5, 0.6) is 0 Å². The fourth-order valence-electron chi connectivity index (χ4n) is 1.05. The number of rotatable bonds is 4. The van der Waals surface area contributed by atoms with Crippen LogP contribution in [0.2, 0.25) is 5.02 Å². The molecule has 0 saturated carbocycles. The van der Waals surface area contributed by atoms with Gasteiger partial charge in [-0.05, 0) is 18.2 Å². The Morgan fingerprint density at radius 2 is 2.06 bits per heavy atom. The van der Waals surface area contributed by atoms with E-state index in [2.05, 4.69) is 17.2 Å². The molecule has 0 spiro atoms. The van der Waals surface area contributed by atoms with E-state index in [1.54, 1.807) is 24.3 Å². The number of ketones is 1. The number of likely N-dealkylation sites (N-methyl/N-ethyl adjacent to an activating group) is 1. The van der Waals surface area contributed by atoms with Crippen molar-refractivity contribution in [2.75, 3.05) is 12.4 Å². The van der Waals surface area contributed by atoms with E-state index < -0.39 is 11.7 Å². The minimum atomic E-state index is -0.709. The van der Waals surface area contributed by atoms with Crippen LogP contribution in [-0.2, 0) is 9.59 Å². The summed E-state index contributed by atoms with van der Waals surface area (Å²) >= 11 is 5.76. The van der Waals surface area contributed by atoms with Crippen molar-refractivity contribution in [1.82, 2.24) is 5.32 Å². The molecule has 1 rings (SSSR count). The summed E-state index contributed by atoms with van der Waals surface area (Å²) in [7, 11) is 1.38. The molecule has 1 aromatic rings. The molecule has 0 atom stereocenters. The lowest BCUT2D eigenvalue weighted by atomic mass is 10.2. The average molecular weight is 239 g/mol. The van der Waals surface area contributed by atoms with Gasteiger partial charge in [-0.15, -0.1) is 0 Å². The summed E-state index contributed by atoms with van der Waals surface area (Å²) in [4.78, 5) is 22.4. The first-order chi connectivity index (χ1) is 7.54. The van der Waals surface area contributed by atoms with Crippen molar-refractivity contribution in [3.8, 4) is 0 Å². The summed E-state index contributed by atoms with van der Waals surface area (Å²) in [5, 5.41) is 5.47. The van der Waals surface area contributed by atoms with Crippen molar-refractivity contribution >= 4 is 29.0 Å². The summed E-state index contributed by atoms with van der Waals surface area (Å²) in [6.07, 6.45) is 0. The maximum Gasteiger partial charge on any atom is 0.293 e. The van der Waals surface area contributed by atoms with Gasteiger partial charge in [0.05, 0.1) is 5.70 Å². The highest BCUT2D eigenvalue weighted by Gasteiger charge is 2.15. The normalized spacial score (nSPS) is 9.38. The van der Waals surface area contributed by atoms with Crippen molar-refractivity contribution in [3.63, 3.8) is 0 Å². The second-order valence-corrected chi connectivity index (χ2v) is 3.46. The number of nitrogens with one attached hydrogen (secondary N) is 2. The first-order valence-corrected chi connectivity index (χ1v) is 4.90. The zero-order chi connectivity index (χ0) is 12.1. The maximum absolute atomic E-state index is 11.4. The largest absolute Gasteiger partial charge is 0.353 e. The van der Waals surface area contributed by atoms with E-state index in [9.17, 15) is 9.59 Å². The van der Waals surface area contributed by atoms with Crippen molar-refractivity contribution in [1.29, 1.82) is 0 Å². The van der Waals surface area contributed by atoms with Crippen molar-refractivity contribution in [2.24, 2.45) is 0 Å². The molecule has 0 aromatic heterocycles. The van der Waals surface area contributed by atoms with E-state index >= 15 is 0 Å². The van der Waals surface area contributed by atoms with Gasteiger partial charge in [-0.3, -0.25) is 9.59 Å². The Labute approximate surface area is 98.3 Å². The lowest BCUT2D eigenvalue weighted by molar-refractivity contribution is -0.135. The van der Waals surface area contributed by atoms with Gasteiger partial charge in [0.2, 0.25) is 0 Å². The summed E-state index contributed by atoms with van der Waals surface area (Å²) in [6.45, 7) is 3.48. The first-order valence-electron chi connectivity index (χ1n) is 4.52. The smallest absolute Gasteiger partial charge is 0.293 e. The van der Waals surface area contributed by atoms with Crippen molar-refractivity contribution in [3.05, 3.63) is 41.6 Å². The molecule has 16 heavy (non-hydrogen) atoms. The summed E-state index contributed by atoms with van der Waals surface area (Å²) in [6, 6.07) is 6.77. The second kappa shape index (κ2) is 5.32. The maximum atomic E-state index is 11.4. The molecule has 1 aromatic carbocycles. The fourth-order valence-corrected chi connectivity index (χ4v) is 1.24. The number of hydrogen-bond donors (Lipinski definition) is 2. The van der Waals surface area contributed by atoms with Crippen LogP contribution in [0.3, 0.4) is 0 Å². The third-order valence-corrected chi connectivity index (χ3v) is 2.06. The number of carbonyl (C=O) groups is 2. The zero-order valence-corrected chi connectivity index (χ0v) is 9.47. The Balaban J connectivity index is 2.72. The van der Waals surface area contributed by atoms with Crippen LogP contribution in [0.15, 0.2) is 36.5 Å². The predicted octanol–water partition coefficient (Wildman–Crippen LogP) is 1.58. The fraction of sp³-hybridized carbons (Fsp3) is 0.0909. The average Bonchev–Trinajstić information content (AvgIpc) is 2.27. The SMILES string of the molecule is C=C(Nc1cccc(Cl)c1)C(=O)C(=O)NC. The number of benzene rings is 1. The monoisotopic (exact) mass is 238 g/mol. The highest BCUT2D eigenvalue weighted by molar-refractivity contribution is 6.43. The molecule has 84 valence electrons. The lowest BCUT2D eigenvalue weighted by Gasteiger charge is -2.07. The van der Waals surface area contributed by atoms with Crippen LogP contribution in [-0.4, -0.2) is 18.7 Å². The third-order valence-electron chi connectivity index (χ3n) is 1.83. The van der Waals surface area contributed by atoms with Gasteiger partial charge in [-0.25, -0.2) is 0 Å². The molecule has 0 aliphatic heterocycles. The molecule has 0 bridgehead atoms. The van der Waals surface area contributed by atoms with Gasteiger partial charge in [0.25, 0.3) is 11.7 Å². The van der Waals surface area contributed by atoms with Gasteiger partial charge < -0.3 is 10.6 Å². The molecular weight excluding hydrogens is 228 g/mol. The van der Waals surface area contributed by atoms with Crippen LogP contribution in [0.1, 0.15) is 0 Å². The molecule has 0 aliphatic rings. The van der Waals surface area contributed by atoms with Crippen LogP contribution in [0.25, 0.3) is 0 Å².